The largest absolute Gasteiger partial charge is 0.334 e. The van der Waals surface area contributed by atoms with E-state index in [2.05, 4.69) is 6.07 Å². The lowest BCUT2D eigenvalue weighted by molar-refractivity contribution is 0.0692. The molecule has 1 heterocycles. The molecule has 0 radical (unpaired) electrons. The third-order valence-electron chi connectivity index (χ3n) is 4.57. The summed E-state index contributed by atoms with van der Waals surface area (Å²) < 4.78 is 0. The van der Waals surface area contributed by atoms with Gasteiger partial charge in [0.05, 0.1) is 22.8 Å². The van der Waals surface area contributed by atoms with Crippen molar-refractivity contribution < 1.29 is 14.4 Å². The molecule has 0 saturated heterocycles. The second-order valence-electron chi connectivity index (χ2n) is 6.47. The van der Waals surface area contributed by atoms with Crippen LogP contribution in [0.15, 0.2) is 42.5 Å². The molecule has 27 heavy (non-hydrogen) atoms. The summed E-state index contributed by atoms with van der Waals surface area (Å²) >= 11 is 0. The molecule has 0 atom stereocenters. The number of carbonyl (C=O) groups excluding carboxylic acids is 3. The van der Waals surface area contributed by atoms with Crippen molar-refractivity contribution in [3.05, 3.63) is 70.3 Å². The number of imide groups is 1. The number of nitriles is 1. The molecular weight excluding hydrogens is 342 g/mol. The zero-order valence-electron chi connectivity index (χ0n) is 15.2. The highest BCUT2D eigenvalue weighted by molar-refractivity contribution is 6.21. The highest BCUT2D eigenvalue weighted by Crippen LogP contribution is 2.23. The van der Waals surface area contributed by atoms with Crippen molar-refractivity contribution in [2.75, 3.05) is 13.6 Å². The Morgan fingerprint density at radius 3 is 2.37 bits per heavy atom. The van der Waals surface area contributed by atoms with E-state index < -0.39 is 5.91 Å². The van der Waals surface area contributed by atoms with Gasteiger partial charge < -0.3 is 4.90 Å². The van der Waals surface area contributed by atoms with Gasteiger partial charge in [0.25, 0.3) is 17.7 Å². The van der Waals surface area contributed by atoms with Crippen molar-refractivity contribution in [3.63, 3.8) is 0 Å². The Morgan fingerprint density at radius 2 is 1.74 bits per heavy atom. The Morgan fingerprint density at radius 1 is 1.07 bits per heavy atom. The van der Waals surface area contributed by atoms with E-state index in [1.54, 1.807) is 23.1 Å². The minimum atomic E-state index is -0.390. The number of fused-ring (bicyclic) bond motifs is 1. The zero-order chi connectivity index (χ0) is 19.6. The fourth-order valence-electron chi connectivity index (χ4n) is 3.10. The molecule has 2 aromatic rings. The van der Waals surface area contributed by atoms with E-state index in [1.807, 2.05) is 19.1 Å². The first kappa shape index (κ1) is 18.3. The molecule has 0 saturated carbocycles. The van der Waals surface area contributed by atoms with Crippen molar-refractivity contribution in [2.24, 2.45) is 0 Å². The summed E-state index contributed by atoms with van der Waals surface area (Å²) in [6, 6.07) is 13.8. The van der Waals surface area contributed by atoms with Gasteiger partial charge >= 0.3 is 0 Å². The zero-order valence-corrected chi connectivity index (χ0v) is 15.2. The molecular formula is C21H19N3O3. The standard InChI is InChI=1S/C21H19N3O3/c1-3-10-24(13-15-6-4-14(12-22)5-7-15)19(25)16-8-9-17-18(11-16)21(27)23(2)20(17)26/h4-9,11H,3,10,13H2,1-2H3. The third kappa shape index (κ3) is 3.44. The lowest BCUT2D eigenvalue weighted by atomic mass is 10.0. The summed E-state index contributed by atoms with van der Waals surface area (Å²) in [6.45, 7) is 2.95. The van der Waals surface area contributed by atoms with E-state index in [-0.39, 0.29) is 17.4 Å². The van der Waals surface area contributed by atoms with E-state index >= 15 is 0 Å². The second-order valence-corrected chi connectivity index (χ2v) is 6.47. The first-order valence-corrected chi connectivity index (χ1v) is 8.71. The summed E-state index contributed by atoms with van der Waals surface area (Å²) in [5.41, 5.74) is 2.46. The van der Waals surface area contributed by atoms with Crippen LogP contribution in [0.25, 0.3) is 0 Å². The molecule has 0 spiro atoms. The van der Waals surface area contributed by atoms with E-state index in [0.717, 1.165) is 16.9 Å². The molecule has 6 nitrogen and oxygen atoms in total. The Kier molecular flexibility index (Phi) is 5.04. The first-order chi connectivity index (χ1) is 13.0. The summed E-state index contributed by atoms with van der Waals surface area (Å²) in [6.07, 6.45) is 0.785. The van der Waals surface area contributed by atoms with Crippen LogP contribution < -0.4 is 0 Å². The average Bonchev–Trinajstić information content (AvgIpc) is 2.91. The molecule has 2 aromatic carbocycles. The van der Waals surface area contributed by atoms with Gasteiger partial charge in [0, 0.05) is 25.7 Å². The maximum Gasteiger partial charge on any atom is 0.261 e. The predicted octanol–water partition coefficient (Wildman–Crippen LogP) is 2.84. The highest BCUT2D eigenvalue weighted by Gasteiger charge is 2.33. The fraction of sp³-hybridized carbons (Fsp3) is 0.238. The van der Waals surface area contributed by atoms with Gasteiger partial charge in [-0.1, -0.05) is 19.1 Å². The number of amides is 3. The Hall–Kier alpha value is -3.46. The van der Waals surface area contributed by atoms with Gasteiger partial charge in [-0.15, -0.1) is 0 Å². The van der Waals surface area contributed by atoms with Gasteiger partial charge in [0.1, 0.15) is 0 Å². The molecule has 0 unspecified atom stereocenters. The molecule has 6 heteroatoms. The van der Waals surface area contributed by atoms with Crippen LogP contribution in [0, 0.1) is 11.3 Å². The summed E-state index contributed by atoms with van der Waals surface area (Å²) in [5.74, 6) is -0.936. The van der Waals surface area contributed by atoms with Gasteiger partial charge in [0.2, 0.25) is 0 Å². The SMILES string of the molecule is CCCN(Cc1ccc(C#N)cc1)C(=O)c1ccc2c(c1)C(=O)N(C)C2=O. The van der Waals surface area contributed by atoms with Crippen molar-refractivity contribution in [1.82, 2.24) is 9.80 Å². The number of benzene rings is 2. The van der Waals surface area contributed by atoms with E-state index in [9.17, 15) is 14.4 Å². The molecule has 1 aliphatic rings. The number of rotatable bonds is 5. The summed E-state index contributed by atoms with van der Waals surface area (Å²) in [5, 5.41) is 8.90. The molecule has 0 aromatic heterocycles. The molecule has 0 aliphatic carbocycles. The normalized spacial score (nSPS) is 12.7. The van der Waals surface area contributed by atoms with Crippen LogP contribution in [0.5, 0.6) is 0 Å². The second kappa shape index (κ2) is 7.42. The minimum absolute atomic E-state index is 0.196. The van der Waals surface area contributed by atoms with Crippen molar-refractivity contribution in [2.45, 2.75) is 19.9 Å². The maximum atomic E-state index is 13.0. The van der Waals surface area contributed by atoms with Crippen molar-refractivity contribution >= 4 is 17.7 Å². The van der Waals surface area contributed by atoms with Crippen molar-refractivity contribution in [1.29, 1.82) is 5.26 Å². The molecule has 0 bridgehead atoms. The van der Waals surface area contributed by atoms with Crippen LogP contribution in [0.4, 0.5) is 0 Å². The highest BCUT2D eigenvalue weighted by atomic mass is 16.2. The van der Waals surface area contributed by atoms with Gasteiger partial charge in [-0.3, -0.25) is 19.3 Å². The van der Waals surface area contributed by atoms with Crippen molar-refractivity contribution in [3.8, 4) is 6.07 Å². The molecule has 1 aliphatic heterocycles. The minimum Gasteiger partial charge on any atom is -0.334 e. The number of hydrogen-bond acceptors (Lipinski definition) is 4. The van der Waals surface area contributed by atoms with E-state index in [1.165, 1.54) is 19.2 Å². The fourth-order valence-corrected chi connectivity index (χ4v) is 3.10. The molecule has 3 rings (SSSR count). The quantitative estimate of drug-likeness (QED) is 0.767. The monoisotopic (exact) mass is 361 g/mol. The van der Waals surface area contributed by atoms with Crippen LogP contribution in [-0.4, -0.2) is 41.1 Å². The lowest BCUT2D eigenvalue weighted by Crippen LogP contribution is -2.31. The average molecular weight is 361 g/mol. The summed E-state index contributed by atoms with van der Waals surface area (Å²) in [4.78, 5) is 39.9. The predicted molar refractivity (Wildman–Crippen MR) is 99.1 cm³/mol. The smallest absolute Gasteiger partial charge is 0.261 e. The van der Waals surface area contributed by atoms with Gasteiger partial charge in [-0.05, 0) is 42.3 Å². The number of nitrogens with zero attached hydrogens (tertiary/aromatic N) is 3. The van der Waals surface area contributed by atoms with Gasteiger partial charge in [-0.25, -0.2) is 0 Å². The Bertz CT molecular complexity index is 958. The van der Waals surface area contributed by atoms with Crippen LogP contribution in [0.2, 0.25) is 0 Å². The molecule has 0 fully saturated rings. The number of carbonyl (C=O) groups is 3. The summed E-state index contributed by atoms with van der Waals surface area (Å²) in [7, 11) is 1.43. The molecule has 136 valence electrons. The molecule has 3 amide bonds. The Balaban J connectivity index is 1.86. The van der Waals surface area contributed by atoms with E-state index in [4.69, 9.17) is 5.26 Å². The van der Waals surface area contributed by atoms with Crippen LogP contribution in [0.1, 0.15) is 55.5 Å². The third-order valence-corrected chi connectivity index (χ3v) is 4.57. The van der Waals surface area contributed by atoms with Crippen LogP contribution in [-0.2, 0) is 6.54 Å². The van der Waals surface area contributed by atoms with Crippen LogP contribution >= 0.6 is 0 Å². The number of hydrogen-bond donors (Lipinski definition) is 0. The van der Waals surface area contributed by atoms with Crippen LogP contribution in [0.3, 0.4) is 0 Å². The topological polar surface area (TPSA) is 81.5 Å². The Labute approximate surface area is 157 Å². The lowest BCUT2D eigenvalue weighted by Gasteiger charge is -2.22. The van der Waals surface area contributed by atoms with E-state index in [0.29, 0.717) is 29.8 Å². The first-order valence-electron chi connectivity index (χ1n) is 8.71. The molecule has 0 N–H and O–H groups in total. The van der Waals surface area contributed by atoms with Gasteiger partial charge in [-0.2, -0.15) is 5.26 Å². The van der Waals surface area contributed by atoms with Gasteiger partial charge in [0.15, 0.2) is 0 Å². The maximum absolute atomic E-state index is 13.0.